The van der Waals surface area contributed by atoms with E-state index in [0.717, 1.165) is 5.56 Å². The molecule has 3 aromatic rings. The van der Waals surface area contributed by atoms with Gasteiger partial charge in [-0.15, -0.1) is 0 Å². The van der Waals surface area contributed by atoms with Crippen LogP contribution in [0.2, 0.25) is 0 Å². The number of hydrogen-bond donors (Lipinski definition) is 1. The van der Waals surface area contributed by atoms with E-state index in [1.165, 1.54) is 6.08 Å². The first-order valence-electron chi connectivity index (χ1n) is 11.0. The topological polar surface area (TPSA) is 83.1 Å². The molecule has 3 rings (SSSR count). The van der Waals surface area contributed by atoms with Gasteiger partial charge in [0.15, 0.2) is 11.5 Å². The van der Waals surface area contributed by atoms with Crippen molar-refractivity contribution in [1.82, 2.24) is 0 Å². The van der Waals surface area contributed by atoms with Gasteiger partial charge in [-0.05, 0) is 68.8 Å². The first-order chi connectivity index (χ1) is 16.7. The monoisotopic (exact) mass is 475 g/mol. The summed E-state index contributed by atoms with van der Waals surface area (Å²) in [5.41, 5.74) is 0.541. The minimum absolute atomic E-state index is 0.216. The second-order valence-electron chi connectivity index (χ2n) is 8.56. The lowest BCUT2D eigenvalue weighted by Crippen LogP contribution is -2.25. The van der Waals surface area contributed by atoms with Crippen LogP contribution in [-0.2, 0) is 9.53 Å². The molecule has 1 N–H and O–H groups in total. The third kappa shape index (κ3) is 7.37. The van der Waals surface area contributed by atoms with Gasteiger partial charge in [0, 0.05) is 12.1 Å². The number of hydrogen-bond acceptors (Lipinski definition) is 6. The van der Waals surface area contributed by atoms with Crippen molar-refractivity contribution in [3.63, 3.8) is 0 Å². The molecule has 0 spiro atoms. The van der Waals surface area contributed by atoms with Gasteiger partial charge >= 0.3 is 5.97 Å². The lowest BCUT2D eigenvalue weighted by molar-refractivity contribution is -0.111. The summed E-state index contributed by atoms with van der Waals surface area (Å²) in [6, 6.07) is 19.3. The van der Waals surface area contributed by atoms with Crippen LogP contribution in [0.25, 0.3) is 6.08 Å². The van der Waals surface area contributed by atoms with E-state index in [4.69, 9.17) is 18.9 Å². The van der Waals surface area contributed by atoms with E-state index in [9.17, 15) is 9.59 Å². The molecular weight excluding hydrogens is 446 g/mol. The Kier molecular flexibility index (Phi) is 8.15. The Morgan fingerprint density at radius 1 is 0.829 bits per heavy atom. The van der Waals surface area contributed by atoms with Crippen LogP contribution in [0, 0.1) is 0 Å². The van der Waals surface area contributed by atoms with Crippen molar-refractivity contribution in [2.45, 2.75) is 26.4 Å². The van der Waals surface area contributed by atoms with Gasteiger partial charge in [-0.1, -0.05) is 24.3 Å². The number of benzene rings is 3. The maximum absolute atomic E-state index is 12.8. The number of rotatable bonds is 8. The second-order valence-corrected chi connectivity index (χ2v) is 8.56. The molecule has 7 nitrogen and oxygen atoms in total. The smallest absolute Gasteiger partial charge is 0.340 e. The van der Waals surface area contributed by atoms with Gasteiger partial charge in [0.05, 0.1) is 25.5 Å². The van der Waals surface area contributed by atoms with Gasteiger partial charge < -0.3 is 24.3 Å². The molecule has 35 heavy (non-hydrogen) atoms. The standard InChI is InChI=1S/C28H29NO6/c1-28(2,3)35-27(31)22-14-13-21(34-20-9-7-6-8-10-20)18-23(22)29-26(30)16-12-19-11-15-24(32-4)25(17-19)33-5/h6-18H,1-5H3,(H,29,30). The average molecular weight is 476 g/mol. The fourth-order valence-electron chi connectivity index (χ4n) is 3.13. The van der Waals surface area contributed by atoms with E-state index in [1.54, 1.807) is 77.5 Å². The van der Waals surface area contributed by atoms with E-state index in [0.29, 0.717) is 23.0 Å². The zero-order valence-corrected chi connectivity index (χ0v) is 20.5. The van der Waals surface area contributed by atoms with Crippen LogP contribution in [0.4, 0.5) is 5.69 Å². The molecular formula is C28H29NO6. The van der Waals surface area contributed by atoms with Gasteiger partial charge in [-0.2, -0.15) is 0 Å². The SMILES string of the molecule is COc1ccc(C=CC(=O)Nc2cc(Oc3ccccc3)ccc2C(=O)OC(C)(C)C)cc1OC. The molecule has 0 unspecified atom stereocenters. The molecule has 3 aromatic carbocycles. The Bertz CT molecular complexity index is 1210. The number of para-hydroxylation sites is 1. The Morgan fingerprint density at radius 3 is 2.20 bits per heavy atom. The molecule has 0 aliphatic carbocycles. The molecule has 7 heteroatoms. The summed E-state index contributed by atoms with van der Waals surface area (Å²) in [5, 5.41) is 2.76. The zero-order valence-electron chi connectivity index (χ0n) is 20.5. The summed E-state index contributed by atoms with van der Waals surface area (Å²) in [6.45, 7) is 5.34. The van der Waals surface area contributed by atoms with Crippen molar-refractivity contribution in [2.75, 3.05) is 19.5 Å². The van der Waals surface area contributed by atoms with Crippen molar-refractivity contribution in [3.8, 4) is 23.0 Å². The van der Waals surface area contributed by atoms with E-state index < -0.39 is 17.5 Å². The van der Waals surface area contributed by atoms with E-state index in [-0.39, 0.29) is 11.3 Å². The van der Waals surface area contributed by atoms with Crippen LogP contribution >= 0.6 is 0 Å². The molecule has 0 bridgehead atoms. The normalized spacial score (nSPS) is 11.1. The number of carbonyl (C=O) groups is 2. The molecule has 0 aromatic heterocycles. The third-order valence-corrected chi connectivity index (χ3v) is 4.68. The van der Waals surface area contributed by atoms with Crippen molar-refractivity contribution in [3.05, 3.63) is 83.9 Å². The van der Waals surface area contributed by atoms with Gasteiger partial charge in [-0.25, -0.2) is 4.79 Å². The van der Waals surface area contributed by atoms with Crippen molar-refractivity contribution >= 4 is 23.6 Å². The molecule has 0 fully saturated rings. The third-order valence-electron chi connectivity index (χ3n) is 4.68. The summed E-state index contributed by atoms with van der Waals surface area (Å²) in [5.74, 6) is 1.24. The molecule has 0 aliphatic rings. The number of carbonyl (C=O) groups excluding carboxylic acids is 2. The van der Waals surface area contributed by atoms with E-state index >= 15 is 0 Å². The highest BCUT2D eigenvalue weighted by Crippen LogP contribution is 2.30. The van der Waals surface area contributed by atoms with Crippen molar-refractivity contribution < 1.29 is 28.5 Å². The van der Waals surface area contributed by atoms with Crippen LogP contribution in [-0.4, -0.2) is 31.7 Å². The second kappa shape index (κ2) is 11.2. The highest BCUT2D eigenvalue weighted by atomic mass is 16.6. The number of anilines is 1. The number of ether oxygens (including phenoxy) is 4. The van der Waals surface area contributed by atoms with Crippen LogP contribution in [0.15, 0.2) is 72.8 Å². The minimum atomic E-state index is -0.690. The summed E-state index contributed by atoms with van der Waals surface area (Å²) < 4.78 is 21.9. The molecule has 0 saturated carbocycles. The zero-order chi connectivity index (χ0) is 25.4. The quantitative estimate of drug-likeness (QED) is 0.313. The molecule has 0 saturated heterocycles. The van der Waals surface area contributed by atoms with Crippen LogP contribution < -0.4 is 19.5 Å². The van der Waals surface area contributed by atoms with Crippen molar-refractivity contribution in [2.24, 2.45) is 0 Å². The molecule has 1 amide bonds. The maximum Gasteiger partial charge on any atom is 0.340 e. The summed E-state index contributed by atoms with van der Waals surface area (Å²) in [6.07, 6.45) is 3.00. The van der Waals surface area contributed by atoms with E-state index in [1.807, 2.05) is 30.3 Å². The highest BCUT2D eigenvalue weighted by Gasteiger charge is 2.21. The lowest BCUT2D eigenvalue weighted by atomic mass is 10.1. The lowest BCUT2D eigenvalue weighted by Gasteiger charge is -2.21. The number of nitrogens with one attached hydrogen (secondary N) is 1. The van der Waals surface area contributed by atoms with Gasteiger partial charge in [0.1, 0.15) is 17.1 Å². The molecule has 182 valence electrons. The predicted molar refractivity (Wildman–Crippen MR) is 135 cm³/mol. The van der Waals surface area contributed by atoms with Gasteiger partial charge in [-0.3, -0.25) is 4.79 Å². The van der Waals surface area contributed by atoms with Crippen LogP contribution in [0.1, 0.15) is 36.7 Å². The van der Waals surface area contributed by atoms with Crippen molar-refractivity contribution in [1.29, 1.82) is 0 Å². The first kappa shape index (κ1) is 25.4. The summed E-state index contributed by atoms with van der Waals surface area (Å²) in [7, 11) is 3.10. The predicted octanol–water partition coefficient (Wildman–Crippen LogP) is 6.10. The highest BCUT2D eigenvalue weighted by molar-refractivity contribution is 6.06. The largest absolute Gasteiger partial charge is 0.493 e. The van der Waals surface area contributed by atoms with Crippen LogP contribution in [0.3, 0.4) is 0 Å². The van der Waals surface area contributed by atoms with Gasteiger partial charge in [0.2, 0.25) is 5.91 Å². The van der Waals surface area contributed by atoms with Crippen LogP contribution in [0.5, 0.6) is 23.0 Å². The minimum Gasteiger partial charge on any atom is -0.493 e. The molecule has 0 radical (unpaired) electrons. The average Bonchev–Trinajstić information content (AvgIpc) is 2.82. The maximum atomic E-state index is 12.8. The van der Waals surface area contributed by atoms with Gasteiger partial charge in [0.25, 0.3) is 0 Å². The Morgan fingerprint density at radius 2 is 1.54 bits per heavy atom. The summed E-state index contributed by atoms with van der Waals surface area (Å²) in [4.78, 5) is 25.5. The first-order valence-corrected chi connectivity index (χ1v) is 11.0. The number of esters is 1. The van der Waals surface area contributed by atoms with E-state index in [2.05, 4.69) is 5.32 Å². The number of methoxy groups -OCH3 is 2. The fraction of sp³-hybridized carbons (Fsp3) is 0.214. The number of amides is 1. The Hall–Kier alpha value is -4.26. The fourth-order valence-corrected chi connectivity index (χ4v) is 3.13. The Balaban J connectivity index is 1.85. The molecule has 0 heterocycles. The summed E-state index contributed by atoms with van der Waals surface area (Å²) >= 11 is 0. The molecule has 0 atom stereocenters. The Labute approximate surface area is 205 Å². The molecule has 0 aliphatic heterocycles.